The van der Waals surface area contributed by atoms with Crippen LogP contribution in [0.15, 0.2) is 30.5 Å². The Labute approximate surface area is 192 Å². The van der Waals surface area contributed by atoms with Gasteiger partial charge in [-0.3, -0.25) is 9.48 Å². The van der Waals surface area contributed by atoms with Crippen LogP contribution in [0.2, 0.25) is 0 Å². The van der Waals surface area contributed by atoms with Crippen LogP contribution in [0.4, 0.5) is 24.5 Å². The number of morpholine rings is 1. The summed E-state index contributed by atoms with van der Waals surface area (Å²) in [5.41, 5.74) is 0.904. The molecule has 0 unspecified atom stereocenters. The lowest BCUT2D eigenvalue weighted by Crippen LogP contribution is -2.37. The monoisotopic (exact) mass is 477 g/mol. The number of amides is 1. The zero-order chi connectivity index (χ0) is 24.5. The molecule has 2 aromatic heterocycles. The molecule has 4 rings (SSSR count). The van der Waals surface area contributed by atoms with Crippen molar-refractivity contribution in [1.29, 1.82) is 0 Å². The number of nitrogens with zero attached hydrogens (tertiary/aromatic N) is 4. The number of esters is 1. The molecule has 1 saturated heterocycles. The average molecular weight is 477 g/mol. The number of fused-ring (bicyclic) bond motifs is 1. The topological polar surface area (TPSA) is 98.6 Å². The number of carbonyl (C=O) groups is 2. The Morgan fingerprint density at radius 3 is 2.65 bits per heavy atom. The van der Waals surface area contributed by atoms with E-state index in [1.165, 1.54) is 12.3 Å². The van der Waals surface area contributed by atoms with E-state index in [-0.39, 0.29) is 11.3 Å². The quantitative estimate of drug-likeness (QED) is 0.564. The number of carbonyl (C=O) groups excluding carboxylic acids is 2. The van der Waals surface area contributed by atoms with Gasteiger partial charge in [0, 0.05) is 31.7 Å². The maximum Gasteiger partial charge on any atom is 0.416 e. The zero-order valence-corrected chi connectivity index (χ0v) is 18.5. The van der Waals surface area contributed by atoms with Crippen LogP contribution in [-0.4, -0.2) is 59.6 Å². The van der Waals surface area contributed by atoms with Gasteiger partial charge in [-0.05, 0) is 31.2 Å². The second-order valence-electron chi connectivity index (χ2n) is 7.76. The number of hydrogen-bond acceptors (Lipinski definition) is 7. The van der Waals surface area contributed by atoms with E-state index in [1.807, 2.05) is 4.90 Å². The number of halogens is 3. The molecule has 1 aliphatic rings. The first-order valence-electron chi connectivity index (χ1n) is 10.4. The summed E-state index contributed by atoms with van der Waals surface area (Å²) in [6.45, 7) is 2.86. The Kier molecular flexibility index (Phi) is 6.42. The van der Waals surface area contributed by atoms with Crippen molar-refractivity contribution >= 4 is 34.3 Å². The van der Waals surface area contributed by atoms with Gasteiger partial charge in [0.05, 0.1) is 41.4 Å². The number of aromatic nitrogens is 3. The number of rotatable bonds is 5. The van der Waals surface area contributed by atoms with Gasteiger partial charge in [-0.25, -0.2) is 9.78 Å². The van der Waals surface area contributed by atoms with Gasteiger partial charge in [-0.15, -0.1) is 0 Å². The molecule has 3 heterocycles. The number of benzene rings is 1. The Bertz CT molecular complexity index is 1240. The van der Waals surface area contributed by atoms with E-state index >= 15 is 0 Å². The summed E-state index contributed by atoms with van der Waals surface area (Å²) in [4.78, 5) is 30.9. The smallest absolute Gasteiger partial charge is 0.416 e. The van der Waals surface area contributed by atoms with Crippen molar-refractivity contribution in [2.45, 2.75) is 13.1 Å². The van der Waals surface area contributed by atoms with Crippen LogP contribution < -0.4 is 10.2 Å². The van der Waals surface area contributed by atoms with Crippen molar-refractivity contribution in [3.63, 3.8) is 0 Å². The lowest BCUT2D eigenvalue weighted by atomic mass is 10.1. The highest BCUT2D eigenvalue weighted by molar-refractivity contribution is 5.98. The van der Waals surface area contributed by atoms with Crippen molar-refractivity contribution in [2.24, 2.45) is 7.05 Å². The molecule has 0 saturated carbocycles. The maximum atomic E-state index is 13.2. The number of pyridine rings is 1. The van der Waals surface area contributed by atoms with E-state index < -0.39 is 30.2 Å². The molecule has 34 heavy (non-hydrogen) atoms. The second kappa shape index (κ2) is 9.29. The van der Waals surface area contributed by atoms with Crippen LogP contribution in [0.5, 0.6) is 0 Å². The van der Waals surface area contributed by atoms with Crippen LogP contribution in [-0.2, 0) is 27.5 Å². The maximum absolute atomic E-state index is 13.2. The van der Waals surface area contributed by atoms with Gasteiger partial charge < -0.3 is 19.7 Å². The number of anilines is 2. The summed E-state index contributed by atoms with van der Waals surface area (Å²) in [6.07, 6.45) is -3.27. The average Bonchev–Trinajstić information content (AvgIpc) is 3.10. The molecule has 0 aliphatic carbocycles. The van der Waals surface area contributed by atoms with Crippen LogP contribution in [0.25, 0.3) is 11.0 Å². The van der Waals surface area contributed by atoms with E-state index in [9.17, 15) is 22.8 Å². The lowest BCUT2D eigenvalue weighted by molar-refractivity contribution is -0.137. The van der Waals surface area contributed by atoms with Crippen molar-refractivity contribution in [1.82, 2.24) is 14.8 Å². The lowest BCUT2D eigenvalue weighted by Gasteiger charge is -2.31. The predicted molar refractivity (Wildman–Crippen MR) is 117 cm³/mol. The molecular formula is C22H22F3N5O4. The molecule has 0 atom stereocenters. The van der Waals surface area contributed by atoms with Gasteiger partial charge in [0.2, 0.25) is 0 Å². The van der Waals surface area contributed by atoms with Crippen LogP contribution in [0.3, 0.4) is 0 Å². The fraction of sp³-hybridized carbons (Fsp3) is 0.364. The fourth-order valence-corrected chi connectivity index (χ4v) is 3.71. The van der Waals surface area contributed by atoms with Gasteiger partial charge in [-0.2, -0.15) is 18.3 Å². The molecule has 180 valence electrons. The third kappa shape index (κ3) is 4.96. The summed E-state index contributed by atoms with van der Waals surface area (Å²) in [5, 5.41) is 7.34. The first-order valence-corrected chi connectivity index (χ1v) is 10.4. The van der Waals surface area contributed by atoms with Gasteiger partial charge >= 0.3 is 12.1 Å². The Balaban J connectivity index is 1.47. The standard InChI is InChI=1S/C22H22F3N5O4/c1-13-16-9-14(11-26-20(16)29(2)28-13)21(32)34-12-19(31)27-17-10-15(22(23,24)25)3-4-18(17)30-5-7-33-8-6-30/h3-4,9-11H,5-8,12H2,1-2H3,(H,27,31). The van der Waals surface area contributed by atoms with E-state index in [0.717, 1.165) is 12.1 Å². The largest absolute Gasteiger partial charge is 0.452 e. The molecular weight excluding hydrogens is 455 g/mol. The molecule has 9 nitrogen and oxygen atoms in total. The van der Waals surface area contributed by atoms with E-state index in [1.54, 1.807) is 24.7 Å². The summed E-state index contributed by atoms with van der Waals surface area (Å²) >= 11 is 0. The van der Waals surface area contributed by atoms with Crippen molar-refractivity contribution < 1.29 is 32.2 Å². The highest BCUT2D eigenvalue weighted by atomic mass is 19.4. The summed E-state index contributed by atoms with van der Waals surface area (Å²) < 4.78 is 51.6. The Morgan fingerprint density at radius 1 is 1.21 bits per heavy atom. The number of hydrogen-bond donors (Lipinski definition) is 1. The van der Waals surface area contributed by atoms with Crippen molar-refractivity contribution in [3.8, 4) is 0 Å². The Morgan fingerprint density at radius 2 is 1.94 bits per heavy atom. The molecule has 1 fully saturated rings. The first kappa shape index (κ1) is 23.5. The van der Waals surface area contributed by atoms with Crippen molar-refractivity contribution in [2.75, 3.05) is 43.1 Å². The fourth-order valence-electron chi connectivity index (χ4n) is 3.71. The number of alkyl halides is 3. The second-order valence-corrected chi connectivity index (χ2v) is 7.76. The molecule has 1 N–H and O–H groups in total. The van der Waals surface area contributed by atoms with E-state index in [2.05, 4.69) is 15.4 Å². The number of ether oxygens (including phenoxy) is 2. The Hall–Kier alpha value is -3.67. The molecule has 1 amide bonds. The van der Waals surface area contributed by atoms with Crippen molar-refractivity contribution in [3.05, 3.63) is 47.3 Å². The minimum atomic E-state index is -4.58. The van der Waals surface area contributed by atoms with E-state index in [0.29, 0.717) is 48.7 Å². The minimum Gasteiger partial charge on any atom is -0.452 e. The van der Waals surface area contributed by atoms with Crippen LogP contribution in [0, 0.1) is 6.92 Å². The highest BCUT2D eigenvalue weighted by Crippen LogP contribution is 2.35. The zero-order valence-electron chi connectivity index (χ0n) is 18.5. The number of aryl methyl sites for hydroxylation is 2. The van der Waals surface area contributed by atoms with Gasteiger partial charge in [-0.1, -0.05) is 0 Å². The van der Waals surface area contributed by atoms with E-state index in [4.69, 9.17) is 9.47 Å². The van der Waals surface area contributed by atoms with Gasteiger partial charge in [0.15, 0.2) is 12.3 Å². The SMILES string of the molecule is Cc1nn(C)c2ncc(C(=O)OCC(=O)Nc3cc(C(F)(F)F)ccc3N3CCOCC3)cc12. The molecule has 3 aromatic rings. The first-order chi connectivity index (χ1) is 16.1. The summed E-state index contributed by atoms with van der Waals surface area (Å²) in [6, 6.07) is 4.71. The van der Waals surface area contributed by atoms with Gasteiger partial charge in [0.1, 0.15) is 0 Å². The minimum absolute atomic E-state index is 0.0214. The van der Waals surface area contributed by atoms with Gasteiger partial charge in [0.25, 0.3) is 5.91 Å². The third-order valence-corrected chi connectivity index (χ3v) is 5.38. The molecule has 0 spiro atoms. The molecule has 1 aliphatic heterocycles. The predicted octanol–water partition coefficient (Wildman–Crippen LogP) is 2.93. The third-order valence-electron chi connectivity index (χ3n) is 5.38. The normalized spacial score (nSPS) is 14.3. The molecule has 12 heteroatoms. The number of nitrogens with one attached hydrogen (secondary N) is 1. The molecule has 1 aromatic carbocycles. The molecule has 0 radical (unpaired) electrons. The molecule has 0 bridgehead atoms. The summed E-state index contributed by atoms with van der Waals surface area (Å²) in [7, 11) is 1.73. The highest BCUT2D eigenvalue weighted by Gasteiger charge is 2.32. The summed E-state index contributed by atoms with van der Waals surface area (Å²) in [5.74, 6) is -1.56. The van der Waals surface area contributed by atoms with Crippen LogP contribution >= 0.6 is 0 Å². The van der Waals surface area contributed by atoms with Crippen LogP contribution in [0.1, 0.15) is 21.6 Å².